The third kappa shape index (κ3) is 3.44. The van der Waals surface area contributed by atoms with E-state index in [9.17, 15) is 4.39 Å². The Labute approximate surface area is 146 Å². The summed E-state index contributed by atoms with van der Waals surface area (Å²) in [6, 6.07) is 10.2. The van der Waals surface area contributed by atoms with Crippen LogP contribution in [0.2, 0.25) is 0 Å². The summed E-state index contributed by atoms with van der Waals surface area (Å²) in [5, 5.41) is 0. The lowest BCUT2D eigenvalue weighted by atomic mass is 9.94. The topological polar surface area (TPSA) is 42.7 Å². The van der Waals surface area contributed by atoms with E-state index in [1.807, 2.05) is 22.6 Å². The fourth-order valence-corrected chi connectivity index (χ4v) is 3.57. The lowest BCUT2D eigenvalue weighted by Crippen LogP contribution is -2.34. The van der Waals surface area contributed by atoms with Gasteiger partial charge in [0.1, 0.15) is 12.5 Å². The summed E-state index contributed by atoms with van der Waals surface area (Å²) in [4.78, 5) is 11.7. The van der Waals surface area contributed by atoms with Crippen molar-refractivity contribution in [3.63, 3.8) is 0 Å². The summed E-state index contributed by atoms with van der Waals surface area (Å²) in [5.41, 5.74) is 2.06. The molecule has 6 heteroatoms. The van der Waals surface area contributed by atoms with Gasteiger partial charge in [0.05, 0.1) is 17.6 Å². The number of rotatable bonds is 6. The van der Waals surface area contributed by atoms with Crippen LogP contribution in [0.1, 0.15) is 19.3 Å². The number of imidazole rings is 1. The molecule has 1 aromatic carbocycles. The van der Waals surface area contributed by atoms with Crippen LogP contribution in [0, 0.1) is 5.92 Å². The van der Waals surface area contributed by atoms with Crippen molar-refractivity contribution in [2.45, 2.75) is 19.3 Å². The number of hydrogen-bond donors (Lipinski definition) is 0. The Kier molecular flexibility index (Phi) is 4.78. The standard InChI is InChI=1S/C19H23FN4O/c20-9-14-25-13-8-15-5-10-23(11-6-15)18-7-12-24-17-4-2-1-3-16(17)21-19(24)22-18/h1-4,7,12,15H,5-6,8-11,13-14H2/i20-1. The smallest absolute Gasteiger partial charge is 0.236 e. The molecular formula is C19H23FN4O. The molecule has 0 unspecified atom stereocenters. The highest BCUT2D eigenvalue weighted by Gasteiger charge is 2.20. The largest absolute Gasteiger partial charge is 0.379 e. The van der Waals surface area contributed by atoms with Crippen LogP contribution in [-0.2, 0) is 4.74 Å². The SMILES string of the molecule is [18F]CCOCCC1CCN(c2ccn3c(n2)nc2ccccc23)CC1. The number of anilines is 1. The van der Waals surface area contributed by atoms with E-state index in [4.69, 9.17) is 9.72 Å². The maximum atomic E-state index is 12.0. The van der Waals surface area contributed by atoms with E-state index in [0.29, 0.717) is 12.5 Å². The maximum absolute atomic E-state index is 12.0. The summed E-state index contributed by atoms with van der Waals surface area (Å²) < 4.78 is 19.3. The Morgan fingerprint density at radius 2 is 1.92 bits per heavy atom. The zero-order chi connectivity index (χ0) is 17.1. The van der Waals surface area contributed by atoms with Gasteiger partial charge in [-0.2, -0.15) is 4.98 Å². The van der Waals surface area contributed by atoms with Crippen molar-refractivity contribution in [2.75, 3.05) is 37.9 Å². The zero-order valence-electron chi connectivity index (χ0n) is 14.3. The quantitative estimate of drug-likeness (QED) is 0.644. The molecule has 4 rings (SSSR count). The second-order valence-electron chi connectivity index (χ2n) is 6.58. The van der Waals surface area contributed by atoms with Crippen LogP contribution in [0.5, 0.6) is 0 Å². The highest BCUT2D eigenvalue weighted by Crippen LogP contribution is 2.25. The Bertz CT molecular complexity index is 842. The number of hydrogen-bond acceptors (Lipinski definition) is 4. The lowest BCUT2D eigenvalue weighted by molar-refractivity contribution is 0.103. The summed E-state index contributed by atoms with van der Waals surface area (Å²) in [6.45, 7) is 2.49. The number of fused-ring (bicyclic) bond motifs is 3. The number of alkyl halides is 1. The minimum atomic E-state index is -0.393. The van der Waals surface area contributed by atoms with Gasteiger partial charge in [-0.1, -0.05) is 12.1 Å². The molecule has 1 saturated heterocycles. The van der Waals surface area contributed by atoms with Gasteiger partial charge in [0, 0.05) is 25.9 Å². The molecule has 132 valence electrons. The van der Waals surface area contributed by atoms with Gasteiger partial charge in [-0.25, -0.2) is 9.37 Å². The Balaban J connectivity index is 1.42. The third-order valence-electron chi connectivity index (χ3n) is 4.99. The number of aromatic nitrogens is 3. The van der Waals surface area contributed by atoms with Crippen LogP contribution in [0.4, 0.5) is 10.2 Å². The molecule has 0 atom stereocenters. The van der Waals surface area contributed by atoms with Gasteiger partial charge in [-0.3, -0.25) is 4.40 Å². The first-order valence-corrected chi connectivity index (χ1v) is 8.97. The molecule has 3 heterocycles. The van der Waals surface area contributed by atoms with E-state index in [1.54, 1.807) is 0 Å². The molecule has 25 heavy (non-hydrogen) atoms. The van der Waals surface area contributed by atoms with Gasteiger partial charge in [0.15, 0.2) is 0 Å². The Morgan fingerprint density at radius 3 is 2.76 bits per heavy atom. The van der Waals surface area contributed by atoms with Crippen molar-refractivity contribution in [3.05, 3.63) is 36.5 Å². The van der Waals surface area contributed by atoms with Crippen LogP contribution in [0.15, 0.2) is 36.5 Å². The Morgan fingerprint density at radius 1 is 1.08 bits per heavy atom. The van der Waals surface area contributed by atoms with Crippen LogP contribution in [0.25, 0.3) is 16.8 Å². The van der Waals surface area contributed by atoms with Crippen molar-refractivity contribution in [1.29, 1.82) is 0 Å². The average molecular weight is 341 g/mol. The molecule has 5 nitrogen and oxygen atoms in total. The van der Waals surface area contributed by atoms with E-state index in [0.717, 1.165) is 55.0 Å². The molecule has 1 aliphatic rings. The fourth-order valence-electron chi connectivity index (χ4n) is 3.57. The molecule has 0 radical (unpaired) electrons. The summed E-state index contributed by atoms with van der Waals surface area (Å²) in [5.74, 6) is 2.41. The number of halogens is 1. The molecular weight excluding hydrogens is 318 g/mol. The van der Waals surface area contributed by atoms with E-state index in [1.165, 1.54) is 0 Å². The minimum absolute atomic E-state index is 0.224. The molecule has 0 saturated carbocycles. The van der Waals surface area contributed by atoms with Gasteiger partial charge in [0.25, 0.3) is 0 Å². The number of ether oxygens (including phenoxy) is 1. The number of para-hydroxylation sites is 2. The fraction of sp³-hybridized carbons (Fsp3) is 0.474. The Hall–Kier alpha value is -2.21. The predicted octanol–water partition coefficient (Wildman–Crippen LogP) is 3.48. The molecule has 0 spiro atoms. The van der Waals surface area contributed by atoms with E-state index >= 15 is 0 Å². The number of nitrogens with zero attached hydrogens (tertiary/aromatic N) is 4. The predicted molar refractivity (Wildman–Crippen MR) is 96.8 cm³/mol. The summed E-state index contributed by atoms with van der Waals surface area (Å²) >= 11 is 0. The second kappa shape index (κ2) is 7.35. The van der Waals surface area contributed by atoms with Crippen molar-refractivity contribution >= 4 is 22.6 Å². The average Bonchev–Trinajstić information content (AvgIpc) is 3.03. The van der Waals surface area contributed by atoms with Crippen molar-refractivity contribution in [1.82, 2.24) is 14.4 Å². The highest BCUT2D eigenvalue weighted by atomic mass is 18.2. The monoisotopic (exact) mass is 341 g/mol. The molecule has 0 bridgehead atoms. The summed E-state index contributed by atoms with van der Waals surface area (Å²) in [6.07, 6.45) is 5.33. The third-order valence-corrected chi connectivity index (χ3v) is 4.99. The molecule has 2 aromatic heterocycles. The number of piperidine rings is 1. The number of benzene rings is 1. The van der Waals surface area contributed by atoms with Gasteiger partial charge in [-0.05, 0) is 43.4 Å². The maximum Gasteiger partial charge on any atom is 0.236 e. The van der Waals surface area contributed by atoms with Gasteiger partial charge in [-0.15, -0.1) is 0 Å². The first-order chi connectivity index (χ1) is 12.3. The summed E-state index contributed by atoms with van der Waals surface area (Å²) in [7, 11) is 0. The molecule has 3 aromatic rings. The van der Waals surface area contributed by atoms with Gasteiger partial charge < -0.3 is 9.64 Å². The van der Waals surface area contributed by atoms with Crippen LogP contribution in [0.3, 0.4) is 0 Å². The normalized spacial score (nSPS) is 16.1. The van der Waals surface area contributed by atoms with E-state index < -0.39 is 6.67 Å². The lowest BCUT2D eigenvalue weighted by Gasteiger charge is -2.32. The van der Waals surface area contributed by atoms with E-state index in [2.05, 4.69) is 28.2 Å². The first-order valence-electron chi connectivity index (χ1n) is 8.97. The zero-order valence-corrected chi connectivity index (χ0v) is 14.3. The molecule has 1 aliphatic heterocycles. The van der Waals surface area contributed by atoms with Crippen molar-refractivity contribution < 1.29 is 9.13 Å². The van der Waals surface area contributed by atoms with Crippen LogP contribution < -0.4 is 4.90 Å². The van der Waals surface area contributed by atoms with Gasteiger partial charge >= 0.3 is 0 Å². The van der Waals surface area contributed by atoms with E-state index in [-0.39, 0.29) is 6.61 Å². The highest BCUT2D eigenvalue weighted by molar-refractivity contribution is 5.79. The van der Waals surface area contributed by atoms with Gasteiger partial charge in [0.2, 0.25) is 5.78 Å². The first kappa shape index (κ1) is 16.3. The molecule has 0 aliphatic carbocycles. The van der Waals surface area contributed by atoms with Crippen molar-refractivity contribution in [3.8, 4) is 0 Å². The van der Waals surface area contributed by atoms with Crippen LogP contribution in [-0.4, -0.2) is 47.3 Å². The van der Waals surface area contributed by atoms with Crippen molar-refractivity contribution in [2.24, 2.45) is 5.92 Å². The minimum Gasteiger partial charge on any atom is -0.379 e. The molecule has 1 fully saturated rings. The second-order valence-corrected chi connectivity index (χ2v) is 6.58. The molecule has 0 amide bonds. The molecule has 0 N–H and O–H groups in total. The van der Waals surface area contributed by atoms with Crippen LogP contribution >= 0.6 is 0 Å².